The van der Waals surface area contributed by atoms with E-state index in [2.05, 4.69) is 39.3 Å². The SMILES string of the molecule is CCOC(C)c1noc(CN2C[C@@H](CN)[C@H](c3ccccc3)C2)n1.Cl. The summed E-state index contributed by atoms with van der Waals surface area (Å²) in [5, 5.41) is 4.03. The lowest BCUT2D eigenvalue weighted by molar-refractivity contribution is 0.0683. The van der Waals surface area contributed by atoms with E-state index >= 15 is 0 Å². The van der Waals surface area contributed by atoms with Gasteiger partial charge < -0.3 is 15.0 Å². The molecule has 138 valence electrons. The molecular formula is C18H27ClN4O2. The average Bonchev–Trinajstić information content (AvgIpc) is 3.23. The van der Waals surface area contributed by atoms with E-state index in [4.69, 9.17) is 15.0 Å². The number of halogens is 1. The van der Waals surface area contributed by atoms with Crippen molar-refractivity contribution in [2.75, 3.05) is 26.2 Å². The summed E-state index contributed by atoms with van der Waals surface area (Å²) in [5.41, 5.74) is 7.35. The number of ether oxygens (including phenoxy) is 1. The van der Waals surface area contributed by atoms with E-state index in [1.807, 2.05) is 19.9 Å². The molecule has 3 rings (SSSR count). The van der Waals surface area contributed by atoms with Gasteiger partial charge in [0.2, 0.25) is 5.89 Å². The Labute approximate surface area is 155 Å². The summed E-state index contributed by atoms with van der Waals surface area (Å²) in [6.07, 6.45) is -0.139. The van der Waals surface area contributed by atoms with Crippen molar-refractivity contribution < 1.29 is 9.26 Å². The van der Waals surface area contributed by atoms with Gasteiger partial charge in [-0.1, -0.05) is 35.5 Å². The Morgan fingerprint density at radius 3 is 2.76 bits per heavy atom. The van der Waals surface area contributed by atoms with E-state index in [9.17, 15) is 0 Å². The van der Waals surface area contributed by atoms with Crippen molar-refractivity contribution in [2.24, 2.45) is 11.7 Å². The minimum atomic E-state index is -0.139. The molecule has 0 aliphatic carbocycles. The van der Waals surface area contributed by atoms with Crippen LogP contribution in [-0.2, 0) is 11.3 Å². The molecule has 2 N–H and O–H groups in total. The molecule has 0 radical (unpaired) electrons. The van der Waals surface area contributed by atoms with Crippen molar-refractivity contribution in [1.82, 2.24) is 15.0 Å². The number of nitrogens with two attached hydrogens (primary N) is 1. The summed E-state index contributed by atoms with van der Waals surface area (Å²) in [5.74, 6) is 2.17. The van der Waals surface area contributed by atoms with Crippen LogP contribution >= 0.6 is 12.4 Å². The second kappa shape index (κ2) is 9.29. The zero-order chi connectivity index (χ0) is 16.9. The molecule has 2 heterocycles. The number of hydrogen-bond acceptors (Lipinski definition) is 6. The van der Waals surface area contributed by atoms with Crippen LogP contribution in [-0.4, -0.2) is 41.3 Å². The predicted octanol–water partition coefficient (Wildman–Crippen LogP) is 2.76. The van der Waals surface area contributed by atoms with Crippen LogP contribution in [0.15, 0.2) is 34.9 Å². The molecule has 25 heavy (non-hydrogen) atoms. The molecule has 6 nitrogen and oxygen atoms in total. The number of likely N-dealkylation sites (tertiary alicyclic amines) is 1. The highest BCUT2D eigenvalue weighted by atomic mass is 35.5. The van der Waals surface area contributed by atoms with Crippen LogP contribution in [0, 0.1) is 5.92 Å². The Kier molecular flexibility index (Phi) is 7.38. The molecule has 0 bridgehead atoms. The van der Waals surface area contributed by atoms with Gasteiger partial charge in [0.25, 0.3) is 0 Å². The third-order valence-corrected chi connectivity index (χ3v) is 4.67. The first-order chi connectivity index (χ1) is 11.7. The average molecular weight is 367 g/mol. The van der Waals surface area contributed by atoms with Crippen LogP contribution in [0.1, 0.15) is 43.1 Å². The van der Waals surface area contributed by atoms with Gasteiger partial charge in [-0.15, -0.1) is 12.4 Å². The molecule has 0 amide bonds. The molecule has 2 aromatic rings. The third-order valence-electron chi connectivity index (χ3n) is 4.67. The molecule has 0 spiro atoms. The fourth-order valence-corrected chi connectivity index (χ4v) is 3.42. The zero-order valence-electron chi connectivity index (χ0n) is 14.8. The highest BCUT2D eigenvalue weighted by Gasteiger charge is 2.33. The van der Waals surface area contributed by atoms with Crippen LogP contribution < -0.4 is 5.73 Å². The highest BCUT2D eigenvalue weighted by molar-refractivity contribution is 5.85. The van der Waals surface area contributed by atoms with Crippen LogP contribution in [0.3, 0.4) is 0 Å². The van der Waals surface area contributed by atoms with Crippen molar-refractivity contribution in [3.8, 4) is 0 Å². The Bertz CT molecular complexity index is 637. The molecule has 1 aromatic carbocycles. The molecule has 1 unspecified atom stereocenters. The highest BCUT2D eigenvalue weighted by Crippen LogP contribution is 2.32. The summed E-state index contributed by atoms with van der Waals surface area (Å²) < 4.78 is 10.9. The molecule has 1 aliphatic heterocycles. The van der Waals surface area contributed by atoms with E-state index in [0.29, 0.717) is 43.2 Å². The number of aromatic nitrogens is 2. The predicted molar refractivity (Wildman–Crippen MR) is 98.6 cm³/mol. The topological polar surface area (TPSA) is 77.4 Å². The van der Waals surface area contributed by atoms with Crippen molar-refractivity contribution in [2.45, 2.75) is 32.4 Å². The summed E-state index contributed by atoms with van der Waals surface area (Å²) in [6.45, 7) is 7.79. The van der Waals surface area contributed by atoms with Crippen LogP contribution in [0.25, 0.3) is 0 Å². The maximum absolute atomic E-state index is 6.00. The summed E-state index contributed by atoms with van der Waals surface area (Å²) in [7, 11) is 0. The summed E-state index contributed by atoms with van der Waals surface area (Å²) in [4.78, 5) is 6.81. The normalized spacial score (nSPS) is 21.9. The minimum Gasteiger partial charge on any atom is -0.371 e. The number of benzene rings is 1. The van der Waals surface area contributed by atoms with Gasteiger partial charge in [-0.05, 0) is 31.9 Å². The van der Waals surface area contributed by atoms with E-state index in [1.54, 1.807) is 0 Å². The van der Waals surface area contributed by atoms with Gasteiger partial charge in [0.1, 0.15) is 6.10 Å². The molecular weight excluding hydrogens is 340 g/mol. The Morgan fingerprint density at radius 2 is 2.08 bits per heavy atom. The van der Waals surface area contributed by atoms with Gasteiger partial charge in [-0.2, -0.15) is 4.98 Å². The molecule has 1 aromatic heterocycles. The molecule has 7 heteroatoms. The number of nitrogens with zero attached hydrogens (tertiary/aromatic N) is 3. The lowest BCUT2D eigenvalue weighted by Crippen LogP contribution is -2.23. The molecule has 1 fully saturated rings. The Hall–Kier alpha value is -1.47. The van der Waals surface area contributed by atoms with Crippen molar-refractivity contribution in [3.63, 3.8) is 0 Å². The van der Waals surface area contributed by atoms with Crippen molar-refractivity contribution in [1.29, 1.82) is 0 Å². The molecule has 1 saturated heterocycles. The second-order valence-electron chi connectivity index (χ2n) is 6.35. The first kappa shape index (κ1) is 19.8. The monoisotopic (exact) mass is 366 g/mol. The van der Waals surface area contributed by atoms with Gasteiger partial charge in [0, 0.05) is 25.6 Å². The quantitative estimate of drug-likeness (QED) is 0.811. The maximum atomic E-state index is 6.00. The lowest BCUT2D eigenvalue weighted by atomic mass is 9.89. The maximum Gasteiger partial charge on any atom is 0.240 e. The third kappa shape index (κ3) is 4.79. The van der Waals surface area contributed by atoms with Gasteiger partial charge in [-0.25, -0.2) is 0 Å². The van der Waals surface area contributed by atoms with E-state index < -0.39 is 0 Å². The second-order valence-corrected chi connectivity index (χ2v) is 6.35. The van der Waals surface area contributed by atoms with Gasteiger partial charge in [0.05, 0.1) is 6.54 Å². The van der Waals surface area contributed by atoms with E-state index in [0.717, 1.165) is 13.1 Å². The molecule has 3 atom stereocenters. The van der Waals surface area contributed by atoms with Crippen LogP contribution in [0.5, 0.6) is 0 Å². The lowest BCUT2D eigenvalue weighted by Gasteiger charge is -2.16. The fraction of sp³-hybridized carbons (Fsp3) is 0.556. The van der Waals surface area contributed by atoms with Crippen LogP contribution in [0.2, 0.25) is 0 Å². The Morgan fingerprint density at radius 1 is 1.32 bits per heavy atom. The summed E-state index contributed by atoms with van der Waals surface area (Å²) >= 11 is 0. The molecule has 1 aliphatic rings. The smallest absolute Gasteiger partial charge is 0.240 e. The van der Waals surface area contributed by atoms with Gasteiger partial charge >= 0.3 is 0 Å². The van der Waals surface area contributed by atoms with E-state index in [1.165, 1.54) is 5.56 Å². The number of hydrogen-bond donors (Lipinski definition) is 1. The zero-order valence-corrected chi connectivity index (χ0v) is 15.6. The van der Waals surface area contributed by atoms with E-state index in [-0.39, 0.29) is 18.5 Å². The summed E-state index contributed by atoms with van der Waals surface area (Å²) in [6, 6.07) is 10.6. The van der Waals surface area contributed by atoms with Crippen molar-refractivity contribution >= 4 is 12.4 Å². The first-order valence-electron chi connectivity index (χ1n) is 8.62. The minimum absolute atomic E-state index is 0. The van der Waals surface area contributed by atoms with Gasteiger partial charge in [0.15, 0.2) is 5.82 Å². The van der Waals surface area contributed by atoms with Crippen molar-refractivity contribution in [3.05, 3.63) is 47.6 Å². The molecule has 0 saturated carbocycles. The van der Waals surface area contributed by atoms with Crippen LogP contribution in [0.4, 0.5) is 0 Å². The Balaban J connectivity index is 0.00000225. The number of rotatable bonds is 7. The largest absolute Gasteiger partial charge is 0.371 e. The van der Waals surface area contributed by atoms with Gasteiger partial charge in [-0.3, -0.25) is 4.90 Å². The standard InChI is InChI=1S/C18H26N4O2.ClH/c1-3-23-13(2)18-20-17(24-21-18)12-22-10-15(9-19)16(11-22)14-7-5-4-6-8-14;/h4-8,13,15-16H,3,9-12,19H2,1-2H3;1H/t13?,15-,16+;/m1./s1. The fourth-order valence-electron chi connectivity index (χ4n) is 3.42. The first-order valence-corrected chi connectivity index (χ1v) is 8.62.